The van der Waals surface area contributed by atoms with Crippen LogP contribution in [0.3, 0.4) is 0 Å². The van der Waals surface area contributed by atoms with Gasteiger partial charge in [0, 0.05) is 24.3 Å². The number of halogens is 2. The van der Waals surface area contributed by atoms with Crippen LogP contribution in [0.15, 0.2) is 41.3 Å². The van der Waals surface area contributed by atoms with Crippen LogP contribution in [0.4, 0.5) is 10.1 Å². The van der Waals surface area contributed by atoms with Gasteiger partial charge in [0.25, 0.3) is 5.91 Å². The first-order chi connectivity index (χ1) is 13.3. The van der Waals surface area contributed by atoms with Crippen LogP contribution < -0.4 is 5.32 Å². The fourth-order valence-electron chi connectivity index (χ4n) is 3.19. The minimum absolute atomic E-state index is 0.0720. The number of hydrogen-bond acceptors (Lipinski definition) is 3. The highest BCUT2D eigenvalue weighted by Crippen LogP contribution is 2.28. The van der Waals surface area contributed by atoms with Crippen LogP contribution in [0.25, 0.3) is 0 Å². The molecule has 0 saturated carbocycles. The number of nitrogens with one attached hydrogen (secondary N) is 1. The molecule has 1 saturated heterocycles. The number of amides is 1. The van der Waals surface area contributed by atoms with Crippen molar-refractivity contribution >= 4 is 33.2 Å². The maximum absolute atomic E-state index is 13.5. The number of sulfonamides is 1. The van der Waals surface area contributed by atoms with E-state index in [1.807, 2.05) is 0 Å². The van der Waals surface area contributed by atoms with Crippen molar-refractivity contribution in [2.75, 3.05) is 18.4 Å². The maximum Gasteiger partial charge on any atom is 0.255 e. The number of rotatable bonds is 4. The first-order valence-electron chi connectivity index (χ1n) is 9.16. The maximum atomic E-state index is 13.5. The van der Waals surface area contributed by atoms with E-state index in [1.165, 1.54) is 34.6 Å². The molecule has 0 aromatic heterocycles. The van der Waals surface area contributed by atoms with Gasteiger partial charge in [-0.2, -0.15) is 4.31 Å². The highest BCUT2D eigenvalue weighted by atomic mass is 35.5. The molecule has 3 rings (SSSR count). The van der Waals surface area contributed by atoms with Gasteiger partial charge in [0.05, 0.1) is 5.02 Å². The van der Waals surface area contributed by atoms with E-state index in [0.717, 1.165) is 25.7 Å². The van der Waals surface area contributed by atoms with E-state index in [-0.39, 0.29) is 15.5 Å². The molecular weight excluding hydrogens is 403 g/mol. The summed E-state index contributed by atoms with van der Waals surface area (Å²) in [6.07, 6.45) is 3.59. The number of carbonyl (C=O) groups excluding carboxylic acids is 1. The van der Waals surface area contributed by atoms with E-state index in [1.54, 1.807) is 13.0 Å². The minimum Gasteiger partial charge on any atom is -0.322 e. The number of benzene rings is 2. The van der Waals surface area contributed by atoms with E-state index in [0.29, 0.717) is 24.3 Å². The second kappa shape index (κ2) is 8.59. The van der Waals surface area contributed by atoms with E-state index >= 15 is 0 Å². The highest BCUT2D eigenvalue weighted by Gasteiger charge is 2.28. The van der Waals surface area contributed by atoms with Gasteiger partial charge in [-0.05, 0) is 55.7 Å². The van der Waals surface area contributed by atoms with Gasteiger partial charge >= 0.3 is 0 Å². The van der Waals surface area contributed by atoms with E-state index < -0.39 is 21.7 Å². The number of anilines is 1. The van der Waals surface area contributed by atoms with Crippen LogP contribution in [-0.4, -0.2) is 31.7 Å². The topological polar surface area (TPSA) is 66.5 Å². The lowest BCUT2D eigenvalue weighted by Gasteiger charge is -2.21. The Morgan fingerprint density at radius 1 is 1.07 bits per heavy atom. The molecule has 1 aliphatic rings. The van der Waals surface area contributed by atoms with Crippen molar-refractivity contribution in [2.24, 2.45) is 0 Å². The summed E-state index contributed by atoms with van der Waals surface area (Å²) in [6, 6.07) is 8.22. The molecule has 1 N–H and O–H groups in total. The van der Waals surface area contributed by atoms with Gasteiger partial charge in [-0.1, -0.05) is 30.5 Å². The predicted molar refractivity (Wildman–Crippen MR) is 108 cm³/mol. The monoisotopic (exact) mass is 424 g/mol. The first-order valence-corrected chi connectivity index (χ1v) is 11.0. The zero-order chi connectivity index (χ0) is 20.3. The van der Waals surface area contributed by atoms with Crippen molar-refractivity contribution in [2.45, 2.75) is 37.5 Å². The van der Waals surface area contributed by atoms with Gasteiger partial charge in [0.1, 0.15) is 10.7 Å². The standard InChI is InChI=1S/C20H22ClFN2O3S/c1-14-6-8-16(22)13-18(14)23-20(25)15-7-9-17(21)19(12-15)28(26,27)24-10-4-2-3-5-11-24/h6-9,12-13H,2-5,10-11H2,1H3,(H,23,25). The van der Waals surface area contributed by atoms with Crippen molar-refractivity contribution in [1.82, 2.24) is 4.31 Å². The zero-order valence-corrected chi connectivity index (χ0v) is 17.1. The van der Waals surface area contributed by atoms with Gasteiger partial charge in [-0.3, -0.25) is 4.79 Å². The summed E-state index contributed by atoms with van der Waals surface area (Å²) >= 11 is 6.16. The first kappa shape index (κ1) is 20.8. The highest BCUT2D eigenvalue weighted by molar-refractivity contribution is 7.89. The Balaban J connectivity index is 1.90. The number of hydrogen-bond donors (Lipinski definition) is 1. The van der Waals surface area contributed by atoms with Crippen LogP contribution in [0.2, 0.25) is 5.02 Å². The minimum atomic E-state index is -3.80. The quantitative estimate of drug-likeness (QED) is 0.779. The molecule has 1 heterocycles. The van der Waals surface area contributed by atoms with Gasteiger partial charge < -0.3 is 5.32 Å². The van der Waals surface area contributed by atoms with Crippen LogP contribution in [0, 0.1) is 12.7 Å². The van der Waals surface area contributed by atoms with Gasteiger partial charge in [-0.25, -0.2) is 12.8 Å². The Bertz CT molecular complexity index is 987. The molecule has 1 aliphatic heterocycles. The Labute approximate surface area is 169 Å². The van der Waals surface area contributed by atoms with Crippen LogP contribution in [-0.2, 0) is 10.0 Å². The lowest BCUT2D eigenvalue weighted by Crippen LogP contribution is -2.32. The number of aryl methyl sites for hydroxylation is 1. The summed E-state index contributed by atoms with van der Waals surface area (Å²) in [5.74, 6) is -1.00. The molecule has 2 aromatic carbocycles. The Morgan fingerprint density at radius 2 is 1.75 bits per heavy atom. The second-order valence-corrected chi connectivity index (χ2v) is 9.19. The molecule has 150 valence electrons. The van der Waals surface area contributed by atoms with Crippen molar-refractivity contribution in [1.29, 1.82) is 0 Å². The third kappa shape index (κ3) is 4.54. The Morgan fingerprint density at radius 3 is 2.43 bits per heavy atom. The lowest BCUT2D eigenvalue weighted by atomic mass is 10.1. The molecule has 0 unspecified atom stereocenters. The van der Waals surface area contributed by atoms with E-state index in [2.05, 4.69) is 5.32 Å². The summed E-state index contributed by atoms with van der Waals surface area (Å²) in [5, 5.41) is 2.70. The van der Waals surface area contributed by atoms with Crippen LogP contribution in [0.5, 0.6) is 0 Å². The zero-order valence-electron chi connectivity index (χ0n) is 15.5. The largest absolute Gasteiger partial charge is 0.322 e. The third-order valence-corrected chi connectivity index (χ3v) is 7.20. The molecule has 0 bridgehead atoms. The molecule has 0 atom stereocenters. The molecule has 1 fully saturated rings. The molecule has 2 aromatic rings. The number of nitrogens with zero attached hydrogens (tertiary/aromatic N) is 1. The molecule has 8 heteroatoms. The summed E-state index contributed by atoms with van der Waals surface area (Å²) in [4.78, 5) is 12.5. The fraction of sp³-hybridized carbons (Fsp3) is 0.350. The van der Waals surface area contributed by atoms with E-state index in [4.69, 9.17) is 11.6 Å². The second-order valence-electron chi connectivity index (χ2n) is 6.88. The van der Waals surface area contributed by atoms with Crippen molar-refractivity contribution in [3.8, 4) is 0 Å². The summed E-state index contributed by atoms with van der Waals surface area (Å²) in [5.41, 5.74) is 1.17. The lowest BCUT2D eigenvalue weighted by molar-refractivity contribution is 0.102. The summed E-state index contributed by atoms with van der Waals surface area (Å²) in [6.45, 7) is 2.63. The number of carbonyl (C=O) groups is 1. The van der Waals surface area contributed by atoms with Crippen molar-refractivity contribution < 1.29 is 17.6 Å². The Kier molecular flexibility index (Phi) is 6.37. The van der Waals surface area contributed by atoms with Crippen LogP contribution >= 0.6 is 11.6 Å². The average Bonchev–Trinajstić information content (AvgIpc) is 2.95. The average molecular weight is 425 g/mol. The molecule has 0 radical (unpaired) electrons. The molecule has 1 amide bonds. The molecular formula is C20H22ClFN2O3S. The Hall–Kier alpha value is -1.96. The predicted octanol–water partition coefficient (Wildman–Crippen LogP) is 4.60. The molecule has 5 nitrogen and oxygen atoms in total. The molecule has 28 heavy (non-hydrogen) atoms. The fourth-order valence-corrected chi connectivity index (χ4v) is 5.20. The van der Waals surface area contributed by atoms with Crippen LogP contribution in [0.1, 0.15) is 41.6 Å². The van der Waals surface area contributed by atoms with Gasteiger partial charge in [0.15, 0.2) is 0 Å². The van der Waals surface area contributed by atoms with Gasteiger partial charge in [-0.15, -0.1) is 0 Å². The van der Waals surface area contributed by atoms with Gasteiger partial charge in [0.2, 0.25) is 10.0 Å². The molecule has 0 spiro atoms. The third-order valence-electron chi connectivity index (χ3n) is 4.82. The normalized spacial score (nSPS) is 15.8. The smallest absolute Gasteiger partial charge is 0.255 e. The van der Waals surface area contributed by atoms with E-state index in [9.17, 15) is 17.6 Å². The van der Waals surface area contributed by atoms with Crippen molar-refractivity contribution in [3.63, 3.8) is 0 Å². The van der Waals surface area contributed by atoms with Crippen molar-refractivity contribution in [3.05, 3.63) is 58.4 Å². The summed E-state index contributed by atoms with van der Waals surface area (Å²) < 4.78 is 41.0. The molecule has 0 aliphatic carbocycles. The SMILES string of the molecule is Cc1ccc(F)cc1NC(=O)c1ccc(Cl)c(S(=O)(=O)N2CCCCCC2)c1. The summed E-state index contributed by atoms with van der Waals surface area (Å²) in [7, 11) is -3.80.